The molecule has 2 N–H and O–H groups in total. The van der Waals surface area contributed by atoms with Gasteiger partial charge in [0.1, 0.15) is 0 Å². The number of amides is 2. The van der Waals surface area contributed by atoms with E-state index in [-0.39, 0.29) is 17.9 Å². The average molecular weight is 416 g/mol. The Bertz CT molecular complexity index is 995. The van der Waals surface area contributed by atoms with E-state index in [1.54, 1.807) is 48.5 Å². The summed E-state index contributed by atoms with van der Waals surface area (Å²) in [5.41, 5.74) is 2.02. The normalized spacial score (nSPS) is 15.7. The summed E-state index contributed by atoms with van der Waals surface area (Å²) in [6.07, 6.45) is 1.09. The fourth-order valence-electron chi connectivity index (χ4n) is 3.31. The van der Waals surface area contributed by atoms with E-state index in [1.165, 1.54) is 11.2 Å². The number of hydrogen-bond acceptors (Lipinski definition) is 4. The first-order chi connectivity index (χ1) is 13.8. The van der Waals surface area contributed by atoms with Crippen molar-refractivity contribution in [3.63, 3.8) is 0 Å². The Labute approximate surface area is 171 Å². The zero-order valence-corrected chi connectivity index (χ0v) is 17.3. The number of hydrogen-bond donors (Lipinski definition) is 2. The Hall–Kier alpha value is -2.71. The van der Waals surface area contributed by atoms with Gasteiger partial charge in [-0.2, -0.15) is 4.31 Å². The quantitative estimate of drug-likeness (QED) is 0.784. The number of carbonyl (C=O) groups is 2. The zero-order chi connectivity index (χ0) is 21.0. The van der Waals surface area contributed by atoms with Crippen LogP contribution < -0.4 is 10.6 Å². The van der Waals surface area contributed by atoms with Crippen molar-refractivity contribution >= 4 is 27.5 Å². The second-order valence-corrected chi connectivity index (χ2v) is 9.16. The van der Waals surface area contributed by atoms with Gasteiger partial charge in [-0.25, -0.2) is 8.42 Å². The minimum absolute atomic E-state index is 0.101. The predicted molar refractivity (Wildman–Crippen MR) is 111 cm³/mol. The van der Waals surface area contributed by atoms with E-state index in [0.717, 1.165) is 5.56 Å². The molecule has 0 saturated carbocycles. The van der Waals surface area contributed by atoms with Crippen LogP contribution in [0.3, 0.4) is 0 Å². The highest BCUT2D eigenvalue weighted by molar-refractivity contribution is 7.89. The topological polar surface area (TPSA) is 95.6 Å². The van der Waals surface area contributed by atoms with Crippen molar-refractivity contribution in [2.24, 2.45) is 0 Å². The summed E-state index contributed by atoms with van der Waals surface area (Å²) >= 11 is 0. The number of sulfonamides is 1. The van der Waals surface area contributed by atoms with E-state index in [9.17, 15) is 18.0 Å². The molecular formula is C21H25N3O4S. The molecule has 0 radical (unpaired) electrons. The van der Waals surface area contributed by atoms with Crippen LogP contribution in [0, 0.1) is 6.92 Å². The standard InChI is InChI=1S/C21H25N3O4S/c1-15-6-8-20(9-7-15)29(27,28)24-12-10-18(11-13-24)23-21(26)17-4-3-5-19(14-17)22-16(2)25/h3-9,14,18H,10-13H2,1-2H3,(H,22,25)(H,23,26). The van der Waals surface area contributed by atoms with Crippen molar-refractivity contribution in [2.75, 3.05) is 18.4 Å². The Morgan fingerprint density at radius 3 is 2.31 bits per heavy atom. The smallest absolute Gasteiger partial charge is 0.251 e. The SMILES string of the molecule is CC(=O)Nc1cccc(C(=O)NC2CCN(S(=O)(=O)c3ccc(C)cc3)CC2)c1. The first kappa shape index (κ1) is 21.0. The van der Waals surface area contributed by atoms with Crippen LogP contribution in [0.4, 0.5) is 5.69 Å². The molecule has 29 heavy (non-hydrogen) atoms. The molecule has 3 rings (SSSR count). The first-order valence-electron chi connectivity index (χ1n) is 9.51. The number of benzene rings is 2. The Kier molecular flexibility index (Phi) is 6.34. The summed E-state index contributed by atoms with van der Waals surface area (Å²) in [5, 5.41) is 5.61. The number of piperidine rings is 1. The van der Waals surface area contributed by atoms with Gasteiger partial charge in [-0.1, -0.05) is 23.8 Å². The summed E-state index contributed by atoms with van der Waals surface area (Å²) in [7, 11) is -3.52. The van der Waals surface area contributed by atoms with Crippen LogP contribution in [-0.2, 0) is 14.8 Å². The molecule has 7 nitrogen and oxygen atoms in total. The molecule has 1 aliphatic rings. The molecule has 0 aromatic heterocycles. The highest BCUT2D eigenvalue weighted by atomic mass is 32.2. The number of anilines is 1. The largest absolute Gasteiger partial charge is 0.349 e. The molecule has 2 aromatic rings. The zero-order valence-electron chi connectivity index (χ0n) is 16.5. The second-order valence-electron chi connectivity index (χ2n) is 7.23. The molecule has 0 atom stereocenters. The Morgan fingerprint density at radius 1 is 1.03 bits per heavy atom. The number of nitrogens with zero attached hydrogens (tertiary/aromatic N) is 1. The van der Waals surface area contributed by atoms with Gasteiger partial charge >= 0.3 is 0 Å². The van der Waals surface area contributed by atoms with Crippen LogP contribution in [0.5, 0.6) is 0 Å². The lowest BCUT2D eigenvalue weighted by Crippen LogP contribution is -2.46. The van der Waals surface area contributed by atoms with Gasteiger partial charge in [0.05, 0.1) is 4.90 Å². The predicted octanol–water partition coefficient (Wildman–Crippen LogP) is 2.54. The van der Waals surface area contributed by atoms with Gasteiger partial charge in [0.2, 0.25) is 15.9 Å². The van der Waals surface area contributed by atoms with Gasteiger partial charge in [-0.05, 0) is 50.1 Å². The molecule has 8 heteroatoms. The summed E-state index contributed by atoms with van der Waals surface area (Å²) < 4.78 is 27.0. The van der Waals surface area contributed by atoms with Gasteiger partial charge < -0.3 is 10.6 Å². The van der Waals surface area contributed by atoms with Crippen LogP contribution in [0.25, 0.3) is 0 Å². The molecule has 0 spiro atoms. The van der Waals surface area contributed by atoms with Crippen molar-refractivity contribution in [3.8, 4) is 0 Å². The van der Waals surface area contributed by atoms with Gasteiger partial charge in [0.15, 0.2) is 0 Å². The monoisotopic (exact) mass is 415 g/mol. The van der Waals surface area contributed by atoms with E-state index in [0.29, 0.717) is 42.1 Å². The van der Waals surface area contributed by atoms with Gasteiger partial charge in [0, 0.05) is 37.3 Å². The summed E-state index contributed by atoms with van der Waals surface area (Å²) in [6, 6.07) is 13.4. The van der Waals surface area contributed by atoms with Crippen LogP contribution in [0.15, 0.2) is 53.4 Å². The maximum atomic E-state index is 12.8. The minimum atomic E-state index is -3.52. The third-order valence-electron chi connectivity index (χ3n) is 4.89. The number of carbonyl (C=O) groups excluding carboxylic acids is 2. The van der Waals surface area contributed by atoms with Crippen LogP contribution in [0.1, 0.15) is 35.7 Å². The van der Waals surface area contributed by atoms with Gasteiger partial charge in [-0.15, -0.1) is 0 Å². The highest BCUT2D eigenvalue weighted by Crippen LogP contribution is 2.21. The van der Waals surface area contributed by atoms with Crippen molar-refractivity contribution in [1.82, 2.24) is 9.62 Å². The van der Waals surface area contributed by atoms with E-state index >= 15 is 0 Å². The number of rotatable bonds is 5. The molecular weight excluding hydrogens is 390 g/mol. The van der Waals surface area contributed by atoms with E-state index in [2.05, 4.69) is 10.6 Å². The van der Waals surface area contributed by atoms with Crippen molar-refractivity contribution in [2.45, 2.75) is 37.6 Å². The lowest BCUT2D eigenvalue weighted by atomic mass is 10.1. The summed E-state index contributed by atoms with van der Waals surface area (Å²) in [6.45, 7) is 4.03. The fraction of sp³-hybridized carbons (Fsp3) is 0.333. The molecule has 1 fully saturated rings. The summed E-state index contributed by atoms with van der Waals surface area (Å²) in [4.78, 5) is 24.0. The lowest BCUT2D eigenvalue weighted by molar-refractivity contribution is -0.114. The Morgan fingerprint density at radius 2 is 1.69 bits per heavy atom. The number of nitrogens with one attached hydrogen (secondary N) is 2. The second kappa shape index (κ2) is 8.75. The molecule has 1 heterocycles. The molecule has 0 aliphatic carbocycles. The van der Waals surface area contributed by atoms with E-state index in [4.69, 9.17) is 0 Å². The molecule has 1 saturated heterocycles. The Balaban J connectivity index is 1.59. The molecule has 2 aromatic carbocycles. The molecule has 0 unspecified atom stereocenters. The first-order valence-corrected chi connectivity index (χ1v) is 10.9. The maximum Gasteiger partial charge on any atom is 0.251 e. The van der Waals surface area contributed by atoms with Gasteiger partial charge in [0.25, 0.3) is 5.91 Å². The van der Waals surface area contributed by atoms with Crippen molar-refractivity contribution in [3.05, 3.63) is 59.7 Å². The summed E-state index contributed by atoms with van der Waals surface area (Å²) in [5.74, 6) is -0.443. The molecule has 0 bridgehead atoms. The molecule has 2 amide bonds. The average Bonchev–Trinajstić information content (AvgIpc) is 2.68. The fourth-order valence-corrected chi connectivity index (χ4v) is 4.78. The highest BCUT2D eigenvalue weighted by Gasteiger charge is 2.30. The van der Waals surface area contributed by atoms with Crippen LogP contribution in [-0.4, -0.2) is 43.7 Å². The molecule has 1 aliphatic heterocycles. The third-order valence-corrected chi connectivity index (χ3v) is 6.81. The van der Waals surface area contributed by atoms with Crippen LogP contribution in [0.2, 0.25) is 0 Å². The molecule has 154 valence electrons. The lowest BCUT2D eigenvalue weighted by Gasteiger charge is -2.31. The maximum absolute atomic E-state index is 12.8. The van der Waals surface area contributed by atoms with E-state index in [1.807, 2.05) is 6.92 Å². The van der Waals surface area contributed by atoms with Crippen LogP contribution >= 0.6 is 0 Å². The number of aryl methyl sites for hydroxylation is 1. The van der Waals surface area contributed by atoms with Crippen molar-refractivity contribution in [1.29, 1.82) is 0 Å². The van der Waals surface area contributed by atoms with E-state index < -0.39 is 10.0 Å². The minimum Gasteiger partial charge on any atom is -0.349 e. The van der Waals surface area contributed by atoms with Crippen molar-refractivity contribution < 1.29 is 18.0 Å². The van der Waals surface area contributed by atoms with Gasteiger partial charge in [-0.3, -0.25) is 9.59 Å². The third kappa shape index (κ3) is 5.21.